The molecule has 0 fully saturated rings. The number of nitrogens with one attached hydrogen (secondary N) is 1. The van der Waals surface area contributed by atoms with Crippen molar-refractivity contribution >= 4 is 26.7 Å². The molecule has 31 heavy (non-hydrogen) atoms. The van der Waals surface area contributed by atoms with Gasteiger partial charge in [-0.15, -0.1) is 0 Å². The second kappa shape index (κ2) is 8.55. The molecule has 3 rings (SSSR count). The molecule has 0 atom stereocenters. The minimum absolute atomic E-state index is 0.0144. The molecule has 12 heteroatoms. The predicted molar refractivity (Wildman–Crippen MR) is 108 cm³/mol. The fourth-order valence-corrected chi connectivity index (χ4v) is 3.40. The number of halogens is 3. The van der Waals surface area contributed by atoms with Crippen LogP contribution in [0.3, 0.4) is 0 Å². The minimum atomic E-state index is -4.73. The highest BCUT2D eigenvalue weighted by Crippen LogP contribution is 2.36. The molecule has 3 aromatic rings. The van der Waals surface area contributed by atoms with Crippen LogP contribution in [-0.4, -0.2) is 39.2 Å². The van der Waals surface area contributed by atoms with Gasteiger partial charge in [-0.1, -0.05) is 12.1 Å². The Kier molecular flexibility index (Phi) is 6.23. The van der Waals surface area contributed by atoms with Crippen LogP contribution in [0.1, 0.15) is 11.4 Å². The lowest BCUT2D eigenvalue weighted by Gasteiger charge is -2.15. The summed E-state index contributed by atoms with van der Waals surface area (Å²) < 4.78 is 72.8. The number of primary sulfonamides is 1. The molecule has 0 radical (unpaired) electrons. The number of aromatic nitrogens is 2. The number of benzene rings is 2. The van der Waals surface area contributed by atoms with E-state index < -0.39 is 22.0 Å². The normalized spacial score (nSPS) is 12.1. The summed E-state index contributed by atoms with van der Waals surface area (Å²) in [7, 11) is -1.02. The van der Waals surface area contributed by atoms with Crippen molar-refractivity contribution in [2.75, 3.05) is 26.1 Å². The zero-order chi connectivity index (χ0) is 22.8. The third-order valence-electron chi connectivity index (χ3n) is 4.41. The van der Waals surface area contributed by atoms with Gasteiger partial charge in [-0.3, -0.25) is 0 Å². The van der Waals surface area contributed by atoms with Crippen molar-refractivity contribution in [3.63, 3.8) is 0 Å². The summed E-state index contributed by atoms with van der Waals surface area (Å²) in [5.74, 6) is -0.741. The average molecular weight is 456 g/mol. The first-order valence-corrected chi connectivity index (χ1v) is 10.4. The van der Waals surface area contributed by atoms with Gasteiger partial charge in [-0.2, -0.15) is 13.2 Å². The highest BCUT2D eigenvalue weighted by Gasteiger charge is 2.35. The highest BCUT2D eigenvalue weighted by atomic mass is 32.2. The van der Waals surface area contributed by atoms with E-state index in [2.05, 4.69) is 15.3 Å². The Bertz CT molecular complexity index is 1200. The number of sulfonamides is 1. The number of hydrogen-bond acceptors (Lipinski definition) is 7. The Labute approximate surface area is 176 Å². The van der Waals surface area contributed by atoms with E-state index in [0.717, 1.165) is 5.56 Å². The summed E-state index contributed by atoms with van der Waals surface area (Å²) in [6.07, 6.45) is -4.34. The number of ether oxygens (including phenoxy) is 2. The maximum absolute atomic E-state index is 13.3. The maximum Gasteiger partial charge on any atom is 0.451 e. The fraction of sp³-hybridized carbons (Fsp3) is 0.263. The van der Waals surface area contributed by atoms with Gasteiger partial charge >= 0.3 is 6.18 Å². The van der Waals surface area contributed by atoms with Crippen molar-refractivity contribution in [2.24, 2.45) is 5.14 Å². The molecule has 0 amide bonds. The molecule has 0 saturated carbocycles. The lowest BCUT2D eigenvalue weighted by Crippen LogP contribution is -2.15. The number of anilines is 1. The first kappa shape index (κ1) is 22.6. The molecule has 2 aromatic carbocycles. The van der Waals surface area contributed by atoms with Crippen molar-refractivity contribution in [2.45, 2.75) is 17.5 Å². The SMILES string of the molecule is COc1cc2nc(C(F)(F)F)nc(NCCc3ccc(S(N)(=O)=O)cc3)c2cc1OC. The number of hydrogen-bond donors (Lipinski definition) is 2. The number of rotatable bonds is 7. The number of methoxy groups -OCH3 is 2. The number of alkyl halides is 3. The van der Waals surface area contributed by atoms with Gasteiger partial charge in [0.05, 0.1) is 24.6 Å². The van der Waals surface area contributed by atoms with E-state index in [1.54, 1.807) is 12.1 Å². The number of nitrogens with zero attached hydrogens (tertiary/aromatic N) is 2. The van der Waals surface area contributed by atoms with Crippen LogP contribution < -0.4 is 19.9 Å². The summed E-state index contributed by atoms with van der Waals surface area (Å²) in [5.41, 5.74) is 0.800. The predicted octanol–water partition coefficient (Wildman–Crippen LogP) is 2.97. The molecule has 1 aromatic heterocycles. The summed E-state index contributed by atoms with van der Waals surface area (Å²) >= 11 is 0. The molecule has 0 aliphatic rings. The van der Waals surface area contributed by atoms with Crippen LogP contribution >= 0.6 is 0 Å². The van der Waals surface area contributed by atoms with Gasteiger partial charge in [0.25, 0.3) is 0 Å². The van der Waals surface area contributed by atoms with Gasteiger partial charge in [0.15, 0.2) is 11.5 Å². The van der Waals surface area contributed by atoms with E-state index in [9.17, 15) is 21.6 Å². The third kappa shape index (κ3) is 5.14. The summed E-state index contributed by atoms with van der Waals surface area (Å²) in [4.78, 5) is 7.22. The van der Waals surface area contributed by atoms with Crippen LogP contribution in [0, 0.1) is 0 Å². The molecule has 0 saturated heterocycles. The van der Waals surface area contributed by atoms with Crippen LogP contribution in [0.2, 0.25) is 0 Å². The molecule has 3 N–H and O–H groups in total. The van der Waals surface area contributed by atoms with Crippen LogP contribution in [0.15, 0.2) is 41.3 Å². The molecule has 0 bridgehead atoms. The zero-order valence-electron chi connectivity index (χ0n) is 16.5. The summed E-state index contributed by atoms with van der Waals surface area (Å²) in [6.45, 7) is 0.229. The van der Waals surface area contributed by atoms with E-state index in [1.165, 1.54) is 38.5 Å². The fourth-order valence-electron chi connectivity index (χ4n) is 2.89. The van der Waals surface area contributed by atoms with Gasteiger partial charge < -0.3 is 14.8 Å². The molecule has 0 aliphatic heterocycles. The van der Waals surface area contributed by atoms with E-state index in [1.807, 2.05) is 0 Å². The summed E-state index contributed by atoms with van der Waals surface area (Å²) in [6, 6.07) is 8.73. The van der Waals surface area contributed by atoms with E-state index >= 15 is 0 Å². The molecule has 1 heterocycles. The third-order valence-corrected chi connectivity index (χ3v) is 5.34. The average Bonchev–Trinajstić information content (AvgIpc) is 2.71. The molecule has 166 valence electrons. The van der Waals surface area contributed by atoms with Crippen molar-refractivity contribution in [3.05, 3.63) is 47.8 Å². The van der Waals surface area contributed by atoms with Gasteiger partial charge in [0.1, 0.15) is 5.82 Å². The Morgan fingerprint density at radius 3 is 2.19 bits per heavy atom. The second-order valence-electron chi connectivity index (χ2n) is 6.48. The Hall–Kier alpha value is -3.12. The van der Waals surface area contributed by atoms with Crippen molar-refractivity contribution in [1.29, 1.82) is 0 Å². The molecule has 0 aliphatic carbocycles. The quantitative estimate of drug-likeness (QED) is 0.561. The van der Waals surface area contributed by atoms with E-state index in [0.29, 0.717) is 17.6 Å². The first-order chi connectivity index (χ1) is 14.5. The largest absolute Gasteiger partial charge is 0.493 e. The van der Waals surface area contributed by atoms with Crippen LogP contribution in [0.25, 0.3) is 10.9 Å². The van der Waals surface area contributed by atoms with Crippen molar-refractivity contribution < 1.29 is 31.1 Å². The van der Waals surface area contributed by atoms with Crippen molar-refractivity contribution in [3.8, 4) is 11.5 Å². The maximum atomic E-state index is 13.3. The van der Waals surface area contributed by atoms with Crippen LogP contribution in [0.5, 0.6) is 11.5 Å². The van der Waals surface area contributed by atoms with Crippen molar-refractivity contribution in [1.82, 2.24) is 9.97 Å². The highest BCUT2D eigenvalue weighted by molar-refractivity contribution is 7.89. The lowest BCUT2D eigenvalue weighted by molar-refractivity contribution is -0.144. The Morgan fingerprint density at radius 2 is 1.65 bits per heavy atom. The summed E-state index contributed by atoms with van der Waals surface area (Å²) in [5, 5.41) is 8.28. The van der Waals surface area contributed by atoms with Gasteiger partial charge in [-0.25, -0.2) is 23.5 Å². The molecule has 0 unspecified atom stereocenters. The van der Waals surface area contributed by atoms with Gasteiger partial charge in [0.2, 0.25) is 15.8 Å². The van der Waals surface area contributed by atoms with Gasteiger partial charge in [-0.05, 0) is 30.2 Å². The smallest absolute Gasteiger partial charge is 0.451 e. The van der Waals surface area contributed by atoms with E-state index in [4.69, 9.17) is 14.6 Å². The molecular formula is C19H19F3N4O4S. The first-order valence-electron chi connectivity index (χ1n) is 8.89. The second-order valence-corrected chi connectivity index (χ2v) is 8.05. The van der Waals surface area contributed by atoms with E-state index in [-0.39, 0.29) is 28.5 Å². The Balaban J connectivity index is 1.90. The van der Waals surface area contributed by atoms with Gasteiger partial charge in [0, 0.05) is 18.0 Å². The van der Waals surface area contributed by atoms with Crippen LogP contribution in [0.4, 0.5) is 19.0 Å². The minimum Gasteiger partial charge on any atom is -0.493 e. The lowest BCUT2D eigenvalue weighted by atomic mass is 10.1. The topological polar surface area (TPSA) is 116 Å². The monoisotopic (exact) mass is 456 g/mol. The number of nitrogens with two attached hydrogens (primary N) is 1. The number of fused-ring (bicyclic) bond motifs is 1. The molecule has 0 spiro atoms. The Morgan fingerprint density at radius 1 is 1.03 bits per heavy atom. The zero-order valence-corrected chi connectivity index (χ0v) is 17.3. The van der Waals surface area contributed by atoms with Crippen LogP contribution in [-0.2, 0) is 22.6 Å². The molecule has 8 nitrogen and oxygen atoms in total. The standard InChI is InChI=1S/C19H19F3N4O4S/c1-29-15-9-13-14(10-16(15)30-2)25-18(19(20,21)22)26-17(13)24-8-7-11-3-5-12(6-4-11)31(23,27)28/h3-6,9-10H,7-8H2,1-2H3,(H2,23,27,28)(H,24,25,26). The molecular weight excluding hydrogens is 437 g/mol.